The Labute approximate surface area is 101 Å². The van der Waals surface area contributed by atoms with Crippen LogP contribution < -0.4 is 0 Å². The molecule has 1 unspecified atom stereocenters. The van der Waals surface area contributed by atoms with Gasteiger partial charge in [0, 0.05) is 6.20 Å². The lowest BCUT2D eigenvalue weighted by molar-refractivity contribution is -0.137. The number of aliphatic hydroxyl groups excluding tert-OH is 1. The number of aromatic nitrogens is 1. The number of hydrogen-bond acceptors (Lipinski definition) is 4. The van der Waals surface area contributed by atoms with Crippen molar-refractivity contribution in [3.05, 3.63) is 16.1 Å². The van der Waals surface area contributed by atoms with Crippen LogP contribution in [0.2, 0.25) is 0 Å². The lowest BCUT2D eigenvalue weighted by Crippen LogP contribution is -2.22. The smallest absolute Gasteiger partial charge is 0.385 e. The van der Waals surface area contributed by atoms with Crippen LogP contribution in [0.3, 0.4) is 0 Å². The van der Waals surface area contributed by atoms with Gasteiger partial charge in [0.15, 0.2) is 5.01 Å². The molecule has 0 aromatic carbocycles. The van der Waals surface area contributed by atoms with Gasteiger partial charge < -0.3 is 9.84 Å². The third-order valence-electron chi connectivity index (χ3n) is 1.77. The molecule has 0 radical (unpaired) electrons. The van der Waals surface area contributed by atoms with E-state index in [1.165, 1.54) is 0 Å². The highest BCUT2D eigenvalue weighted by atomic mass is 32.1. The molecule has 1 heterocycles. The Bertz CT molecular complexity index is 370. The van der Waals surface area contributed by atoms with Crippen molar-refractivity contribution in [3.63, 3.8) is 0 Å². The van der Waals surface area contributed by atoms with Crippen LogP contribution in [0.15, 0.2) is 6.20 Å². The van der Waals surface area contributed by atoms with Crippen molar-refractivity contribution in [2.45, 2.75) is 38.7 Å². The van der Waals surface area contributed by atoms with E-state index in [-0.39, 0.29) is 11.5 Å². The van der Waals surface area contributed by atoms with Gasteiger partial charge in [0.1, 0.15) is 6.10 Å². The van der Waals surface area contributed by atoms with Crippen molar-refractivity contribution < 1.29 is 23.0 Å². The van der Waals surface area contributed by atoms with Gasteiger partial charge in [0.2, 0.25) is 0 Å². The molecule has 17 heavy (non-hydrogen) atoms. The van der Waals surface area contributed by atoms with E-state index in [1.54, 1.807) is 20.8 Å². The van der Waals surface area contributed by atoms with E-state index in [1.807, 2.05) is 0 Å². The fourth-order valence-corrected chi connectivity index (χ4v) is 1.74. The first-order valence-corrected chi connectivity index (χ1v) is 5.76. The Morgan fingerprint density at radius 3 is 2.41 bits per heavy atom. The summed E-state index contributed by atoms with van der Waals surface area (Å²) < 4.78 is 42.1. The maximum Gasteiger partial charge on any atom is 0.443 e. The topological polar surface area (TPSA) is 42.4 Å². The first-order valence-electron chi connectivity index (χ1n) is 4.94. The van der Waals surface area contributed by atoms with E-state index in [2.05, 4.69) is 4.98 Å². The highest BCUT2D eigenvalue weighted by Gasteiger charge is 2.35. The number of rotatable bonds is 3. The van der Waals surface area contributed by atoms with Crippen LogP contribution in [0.25, 0.3) is 0 Å². The zero-order chi connectivity index (χ0) is 13.3. The SMILES string of the molecule is CC(C)(C)OCC(O)c1cnc(C(F)(F)F)s1. The van der Waals surface area contributed by atoms with Crippen LogP contribution in [-0.2, 0) is 10.9 Å². The number of alkyl halides is 3. The highest BCUT2D eigenvalue weighted by Crippen LogP contribution is 2.34. The molecule has 7 heteroatoms. The zero-order valence-corrected chi connectivity index (χ0v) is 10.5. The minimum Gasteiger partial charge on any atom is -0.385 e. The molecular weight excluding hydrogens is 255 g/mol. The molecule has 0 bridgehead atoms. The first-order chi connectivity index (χ1) is 7.59. The second-order valence-electron chi connectivity index (χ2n) is 4.50. The summed E-state index contributed by atoms with van der Waals surface area (Å²) in [6, 6.07) is 0. The summed E-state index contributed by atoms with van der Waals surface area (Å²) in [7, 11) is 0. The summed E-state index contributed by atoms with van der Waals surface area (Å²) in [5, 5.41) is 8.68. The third kappa shape index (κ3) is 4.61. The molecule has 1 aromatic rings. The average Bonchev–Trinajstić information content (AvgIpc) is 2.60. The summed E-state index contributed by atoms with van der Waals surface area (Å²) in [6.07, 6.45) is -4.51. The lowest BCUT2D eigenvalue weighted by Gasteiger charge is -2.21. The van der Waals surface area contributed by atoms with Gasteiger partial charge in [0.25, 0.3) is 0 Å². The predicted molar refractivity (Wildman–Crippen MR) is 57.8 cm³/mol. The maximum absolute atomic E-state index is 12.3. The van der Waals surface area contributed by atoms with E-state index in [9.17, 15) is 18.3 Å². The molecule has 1 aromatic heterocycles. The van der Waals surface area contributed by atoms with Gasteiger partial charge in [-0.1, -0.05) is 0 Å². The molecule has 1 rings (SSSR count). The Morgan fingerprint density at radius 1 is 1.41 bits per heavy atom. The second-order valence-corrected chi connectivity index (χ2v) is 5.57. The number of thiazole rings is 1. The van der Waals surface area contributed by atoms with Crippen LogP contribution >= 0.6 is 11.3 Å². The van der Waals surface area contributed by atoms with Gasteiger partial charge in [-0.25, -0.2) is 4.98 Å². The molecule has 0 aliphatic rings. The normalized spacial score (nSPS) is 15.0. The lowest BCUT2D eigenvalue weighted by atomic mass is 10.2. The van der Waals surface area contributed by atoms with E-state index in [0.29, 0.717) is 11.3 Å². The van der Waals surface area contributed by atoms with Gasteiger partial charge in [-0.05, 0) is 20.8 Å². The molecule has 1 N–H and O–H groups in total. The monoisotopic (exact) mass is 269 g/mol. The molecule has 0 saturated carbocycles. The van der Waals surface area contributed by atoms with Crippen LogP contribution in [-0.4, -0.2) is 22.3 Å². The third-order valence-corrected chi connectivity index (χ3v) is 2.91. The summed E-state index contributed by atoms with van der Waals surface area (Å²) >= 11 is 0.432. The molecule has 1 atom stereocenters. The van der Waals surface area contributed by atoms with E-state index in [4.69, 9.17) is 4.74 Å². The molecule has 98 valence electrons. The van der Waals surface area contributed by atoms with Gasteiger partial charge >= 0.3 is 6.18 Å². The quantitative estimate of drug-likeness (QED) is 0.917. The Kier molecular flexibility index (Phi) is 4.16. The average molecular weight is 269 g/mol. The fourth-order valence-electron chi connectivity index (χ4n) is 0.983. The number of halogens is 3. The van der Waals surface area contributed by atoms with Crippen LogP contribution in [0, 0.1) is 0 Å². The van der Waals surface area contributed by atoms with E-state index >= 15 is 0 Å². The number of ether oxygens (including phenoxy) is 1. The van der Waals surface area contributed by atoms with Crippen molar-refractivity contribution in [2.75, 3.05) is 6.61 Å². The first kappa shape index (κ1) is 14.4. The second kappa shape index (κ2) is 4.91. The van der Waals surface area contributed by atoms with Crippen molar-refractivity contribution in [1.29, 1.82) is 0 Å². The highest BCUT2D eigenvalue weighted by molar-refractivity contribution is 7.11. The summed E-state index contributed by atoms with van der Waals surface area (Å²) in [6.45, 7) is 5.34. The maximum atomic E-state index is 12.3. The van der Waals surface area contributed by atoms with Gasteiger partial charge in [-0.2, -0.15) is 13.2 Å². The molecule has 0 saturated heterocycles. The molecule has 0 aliphatic carbocycles. The standard InChI is InChI=1S/C10H14F3NO2S/c1-9(2,3)16-5-6(15)7-4-14-8(17-7)10(11,12)13/h4,6,15H,5H2,1-3H3. The molecule has 0 spiro atoms. The van der Waals surface area contributed by atoms with E-state index in [0.717, 1.165) is 6.20 Å². The molecule has 3 nitrogen and oxygen atoms in total. The van der Waals surface area contributed by atoms with Crippen LogP contribution in [0.5, 0.6) is 0 Å². The molecule has 0 amide bonds. The van der Waals surface area contributed by atoms with Gasteiger partial charge in [0.05, 0.1) is 17.1 Å². The van der Waals surface area contributed by atoms with E-state index < -0.39 is 22.9 Å². The largest absolute Gasteiger partial charge is 0.443 e. The molecular formula is C10H14F3NO2S. The molecule has 0 aliphatic heterocycles. The fraction of sp³-hybridized carbons (Fsp3) is 0.700. The van der Waals surface area contributed by atoms with Gasteiger partial charge in [-0.3, -0.25) is 0 Å². The zero-order valence-electron chi connectivity index (χ0n) is 9.71. The predicted octanol–water partition coefficient (Wildman–Crippen LogP) is 3.01. The number of nitrogens with zero attached hydrogens (tertiary/aromatic N) is 1. The van der Waals surface area contributed by atoms with Crippen LogP contribution in [0.4, 0.5) is 13.2 Å². The number of aliphatic hydroxyl groups is 1. The van der Waals surface area contributed by atoms with Crippen molar-refractivity contribution in [2.24, 2.45) is 0 Å². The Hall–Kier alpha value is -0.660. The summed E-state index contributed by atoms with van der Waals surface area (Å²) in [4.78, 5) is 3.39. The van der Waals surface area contributed by atoms with Crippen molar-refractivity contribution in [3.8, 4) is 0 Å². The summed E-state index contributed by atoms with van der Waals surface area (Å²) in [5.74, 6) is 0. The number of hydrogen-bond donors (Lipinski definition) is 1. The Morgan fingerprint density at radius 2 is 2.00 bits per heavy atom. The summed E-state index contributed by atoms with van der Waals surface area (Å²) in [5.41, 5.74) is -0.446. The van der Waals surface area contributed by atoms with Gasteiger partial charge in [-0.15, -0.1) is 11.3 Å². The Balaban J connectivity index is 2.64. The van der Waals surface area contributed by atoms with Crippen molar-refractivity contribution in [1.82, 2.24) is 4.98 Å². The van der Waals surface area contributed by atoms with Crippen molar-refractivity contribution >= 4 is 11.3 Å². The minimum absolute atomic E-state index is 0.0526. The molecule has 0 fully saturated rings. The van der Waals surface area contributed by atoms with Crippen LogP contribution in [0.1, 0.15) is 36.8 Å². The minimum atomic E-state index is -4.46.